The summed E-state index contributed by atoms with van der Waals surface area (Å²) in [4.78, 5) is 15.6. The summed E-state index contributed by atoms with van der Waals surface area (Å²) in [5, 5.41) is 9.06. The van der Waals surface area contributed by atoms with Gasteiger partial charge in [-0.3, -0.25) is 4.79 Å². The van der Waals surface area contributed by atoms with Crippen molar-refractivity contribution in [2.24, 2.45) is 5.14 Å². The molecule has 0 saturated carbocycles. The maximum Gasteiger partial charge on any atom is 0.267 e. The second-order valence-corrected chi connectivity index (χ2v) is 8.69. The Kier molecular flexibility index (Phi) is 5.55. The molecule has 0 atom stereocenters. The van der Waals surface area contributed by atoms with Gasteiger partial charge < -0.3 is 10.3 Å². The Morgan fingerprint density at radius 2 is 1.74 bits per heavy atom. The number of H-pyrrole nitrogens is 1. The molecule has 1 amide bonds. The third-order valence-corrected chi connectivity index (χ3v) is 4.45. The van der Waals surface area contributed by atoms with Crippen molar-refractivity contribution in [2.45, 2.75) is 18.9 Å². The molecule has 0 bridgehead atoms. The van der Waals surface area contributed by atoms with Crippen molar-refractivity contribution in [3.05, 3.63) is 70.4 Å². The van der Waals surface area contributed by atoms with Gasteiger partial charge in [0.2, 0.25) is 10.0 Å². The van der Waals surface area contributed by atoms with Gasteiger partial charge in [-0.25, -0.2) is 13.6 Å². The lowest BCUT2D eigenvalue weighted by atomic mass is 10.1. The molecule has 0 fully saturated rings. The van der Waals surface area contributed by atoms with Gasteiger partial charge >= 0.3 is 0 Å². The number of aromatic amines is 1. The van der Waals surface area contributed by atoms with E-state index < -0.39 is 10.0 Å². The van der Waals surface area contributed by atoms with Crippen molar-refractivity contribution in [3.63, 3.8) is 0 Å². The normalized spacial score (nSPS) is 13.7. The maximum atomic E-state index is 12.4. The van der Waals surface area contributed by atoms with E-state index in [2.05, 4.69) is 27.6 Å². The highest BCUT2D eigenvalue weighted by molar-refractivity contribution is 7.88. The molecular formula is C19H20ClN3O3S. The molecule has 1 aliphatic rings. The molecule has 8 heteroatoms. The maximum absolute atomic E-state index is 12.4. The van der Waals surface area contributed by atoms with Gasteiger partial charge in [0.15, 0.2) is 0 Å². The molecule has 4 rings (SSSR count). The van der Waals surface area contributed by atoms with Gasteiger partial charge in [-0.15, -0.1) is 0 Å². The predicted molar refractivity (Wildman–Crippen MR) is 107 cm³/mol. The summed E-state index contributed by atoms with van der Waals surface area (Å²) in [6, 6.07) is 15.9. The van der Waals surface area contributed by atoms with Crippen molar-refractivity contribution in [2.75, 3.05) is 6.26 Å². The number of nitrogens with two attached hydrogens (primary N) is 1. The van der Waals surface area contributed by atoms with E-state index in [-0.39, 0.29) is 11.9 Å². The van der Waals surface area contributed by atoms with Crippen molar-refractivity contribution in [1.82, 2.24) is 10.3 Å². The van der Waals surface area contributed by atoms with Gasteiger partial charge in [-0.2, -0.15) is 0 Å². The minimum atomic E-state index is -3.17. The lowest BCUT2D eigenvalue weighted by Gasteiger charge is -2.10. The van der Waals surface area contributed by atoms with Crippen molar-refractivity contribution >= 4 is 38.4 Å². The average molecular weight is 406 g/mol. The van der Waals surface area contributed by atoms with E-state index in [4.69, 9.17) is 11.6 Å². The first kappa shape index (κ1) is 19.4. The number of amides is 1. The van der Waals surface area contributed by atoms with Crippen LogP contribution >= 0.6 is 11.6 Å². The van der Waals surface area contributed by atoms with Gasteiger partial charge in [0.25, 0.3) is 5.91 Å². The molecule has 1 heterocycles. The lowest BCUT2D eigenvalue weighted by Crippen LogP contribution is -2.35. The number of fused-ring (bicyclic) bond motifs is 2. The number of hydrogen-bond acceptors (Lipinski definition) is 3. The highest BCUT2D eigenvalue weighted by Gasteiger charge is 2.23. The van der Waals surface area contributed by atoms with Crippen LogP contribution in [0.5, 0.6) is 0 Å². The van der Waals surface area contributed by atoms with Gasteiger partial charge in [0.05, 0.1) is 6.26 Å². The van der Waals surface area contributed by atoms with E-state index in [1.807, 2.05) is 36.4 Å². The summed E-state index contributed by atoms with van der Waals surface area (Å²) in [7, 11) is -3.17. The predicted octanol–water partition coefficient (Wildman–Crippen LogP) is 2.62. The second-order valence-electron chi connectivity index (χ2n) is 6.59. The number of benzene rings is 2. The minimum Gasteiger partial charge on any atom is -0.351 e. The van der Waals surface area contributed by atoms with Crippen LogP contribution in [-0.4, -0.2) is 31.6 Å². The number of hydrogen-bond donors (Lipinski definition) is 3. The van der Waals surface area contributed by atoms with Crippen LogP contribution in [0.15, 0.2) is 48.5 Å². The average Bonchev–Trinajstić information content (AvgIpc) is 3.15. The standard InChI is InChI=1S/C18H15ClN2O.CH5NO2S/c19-14-5-6-16-13(7-14)10-17(21-16)18(22)20-15-8-11-3-1-2-4-12(11)9-15;1-5(2,3)4/h1-7,10,15,21H,8-9H2,(H,20,22);1H3,(H2,2,3,4). The molecule has 0 saturated heterocycles. The molecule has 142 valence electrons. The van der Waals surface area contributed by atoms with Gasteiger partial charge in [-0.1, -0.05) is 35.9 Å². The van der Waals surface area contributed by atoms with Crippen LogP contribution in [-0.2, 0) is 22.9 Å². The van der Waals surface area contributed by atoms with E-state index >= 15 is 0 Å². The molecule has 0 radical (unpaired) electrons. The van der Waals surface area contributed by atoms with Gasteiger partial charge in [0.1, 0.15) is 5.69 Å². The molecular weight excluding hydrogens is 386 g/mol. The molecule has 0 spiro atoms. The molecule has 1 aromatic heterocycles. The second kappa shape index (κ2) is 7.72. The number of carbonyl (C=O) groups excluding carboxylic acids is 1. The van der Waals surface area contributed by atoms with Crippen LogP contribution in [0.1, 0.15) is 21.6 Å². The Morgan fingerprint density at radius 3 is 2.33 bits per heavy atom. The van der Waals surface area contributed by atoms with Crippen LogP contribution in [0.25, 0.3) is 10.9 Å². The monoisotopic (exact) mass is 405 g/mol. The number of carbonyl (C=O) groups is 1. The fourth-order valence-corrected chi connectivity index (χ4v) is 3.33. The fourth-order valence-electron chi connectivity index (χ4n) is 3.15. The summed E-state index contributed by atoms with van der Waals surface area (Å²) in [6.07, 6.45) is 2.73. The SMILES string of the molecule is CS(N)(=O)=O.O=C(NC1Cc2ccccc2C1)c1cc2cc(Cl)ccc2[nH]1. The number of rotatable bonds is 2. The molecule has 27 heavy (non-hydrogen) atoms. The number of halogens is 1. The van der Waals surface area contributed by atoms with E-state index in [0.29, 0.717) is 10.7 Å². The Bertz CT molecular complexity index is 1060. The zero-order chi connectivity index (χ0) is 19.6. The highest BCUT2D eigenvalue weighted by Crippen LogP contribution is 2.23. The van der Waals surface area contributed by atoms with Crippen LogP contribution in [0.4, 0.5) is 0 Å². The van der Waals surface area contributed by atoms with E-state index in [0.717, 1.165) is 30.0 Å². The largest absolute Gasteiger partial charge is 0.351 e. The number of aromatic nitrogens is 1. The summed E-state index contributed by atoms with van der Waals surface area (Å²) in [5.74, 6) is -0.0647. The molecule has 0 aliphatic heterocycles. The van der Waals surface area contributed by atoms with Crippen LogP contribution < -0.4 is 10.5 Å². The van der Waals surface area contributed by atoms with Crippen LogP contribution in [0, 0.1) is 0 Å². The van der Waals surface area contributed by atoms with Crippen LogP contribution in [0.3, 0.4) is 0 Å². The summed E-state index contributed by atoms with van der Waals surface area (Å²) in [6.45, 7) is 0. The molecule has 6 nitrogen and oxygen atoms in total. The molecule has 1 aliphatic carbocycles. The van der Waals surface area contributed by atoms with Crippen molar-refractivity contribution < 1.29 is 13.2 Å². The van der Waals surface area contributed by atoms with Crippen molar-refractivity contribution in [1.29, 1.82) is 0 Å². The zero-order valence-corrected chi connectivity index (χ0v) is 16.3. The number of nitrogens with one attached hydrogen (secondary N) is 2. The highest BCUT2D eigenvalue weighted by atomic mass is 35.5. The molecule has 4 N–H and O–H groups in total. The first-order valence-electron chi connectivity index (χ1n) is 8.33. The van der Waals surface area contributed by atoms with E-state index in [1.165, 1.54) is 11.1 Å². The third-order valence-electron chi connectivity index (χ3n) is 4.21. The Labute approximate surface area is 162 Å². The first-order chi connectivity index (χ1) is 12.7. The Balaban J connectivity index is 0.000000376. The van der Waals surface area contributed by atoms with Crippen molar-refractivity contribution in [3.8, 4) is 0 Å². The summed E-state index contributed by atoms with van der Waals surface area (Å²) in [5.41, 5.74) is 4.16. The minimum absolute atomic E-state index is 0.0647. The number of sulfonamides is 1. The molecule has 2 aromatic carbocycles. The third kappa shape index (κ3) is 5.32. The number of primary sulfonamides is 1. The zero-order valence-electron chi connectivity index (χ0n) is 14.7. The van der Waals surface area contributed by atoms with Crippen LogP contribution in [0.2, 0.25) is 5.02 Å². The van der Waals surface area contributed by atoms with Gasteiger partial charge in [0, 0.05) is 22.0 Å². The van der Waals surface area contributed by atoms with E-state index in [1.54, 1.807) is 0 Å². The topological polar surface area (TPSA) is 105 Å². The lowest BCUT2D eigenvalue weighted by molar-refractivity contribution is 0.0934. The molecule has 0 unspecified atom stereocenters. The first-order valence-corrected chi connectivity index (χ1v) is 10.7. The summed E-state index contributed by atoms with van der Waals surface area (Å²) < 4.78 is 18.8. The van der Waals surface area contributed by atoms with E-state index in [9.17, 15) is 13.2 Å². The summed E-state index contributed by atoms with van der Waals surface area (Å²) >= 11 is 5.98. The van der Waals surface area contributed by atoms with Gasteiger partial charge in [-0.05, 0) is 48.2 Å². The fraction of sp³-hybridized carbons (Fsp3) is 0.211. The molecule has 3 aromatic rings. The quantitative estimate of drug-likeness (QED) is 0.610. The Morgan fingerprint density at radius 1 is 1.15 bits per heavy atom. The smallest absolute Gasteiger partial charge is 0.267 e. The Hall–Kier alpha value is -2.35.